The van der Waals surface area contributed by atoms with E-state index in [1.807, 2.05) is 13.8 Å². The first-order valence-electron chi connectivity index (χ1n) is 5.77. The van der Waals surface area contributed by atoms with Gasteiger partial charge < -0.3 is 10.1 Å². The highest BCUT2D eigenvalue weighted by Gasteiger charge is 2.16. The van der Waals surface area contributed by atoms with Gasteiger partial charge in [0.05, 0.1) is 0 Å². The molecule has 5 heteroatoms. The summed E-state index contributed by atoms with van der Waals surface area (Å²) in [6.45, 7) is 3.75. The average molecular weight is 249 g/mol. The summed E-state index contributed by atoms with van der Waals surface area (Å²) in [7, 11) is 1.78. The van der Waals surface area contributed by atoms with Crippen LogP contribution in [-0.2, 0) is 0 Å². The zero-order chi connectivity index (χ0) is 13.1. The zero-order valence-electron chi connectivity index (χ0n) is 10.6. The van der Waals surface area contributed by atoms with Crippen LogP contribution in [0.2, 0.25) is 0 Å². The number of hydrogen-bond donors (Lipinski definition) is 2. The Bertz CT molecular complexity index is 539. The van der Waals surface area contributed by atoms with Crippen molar-refractivity contribution in [1.29, 1.82) is 0 Å². The Morgan fingerprint density at radius 3 is 2.83 bits per heavy atom. The summed E-state index contributed by atoms with van der Waals surface area (Å²) in [5.74, 6) is 0.618. The van der Waals surface area contributed by atoms with Crippen molar-refractivity contribution in [1.82, 2.24) is 15.5 Å². The molecule has 96 valence electrons. The predicted molar refractivity (Wildman–Crippen MR) is 67.3 cm³/mol. The molecular weight excluding hydrogens is 233 g/mol. The quantitative estimate of drug-likeness (QED) is 0.876. The molecule has 0 spiro atoms. The van der Waals surface area contributed by atoms with Crippen LogP contribution in [0, 0.1) is 12.7 Å². The van der Waals surface area contributed by atoms with Crippen LogP contribution in [0.5, 0.6) is 11.6 Å². The lowest BCUT2D eigenvalue weighted by molar-refractivity contribution is 0.437. The fourth-order valence-corrected chi connectivity index (χ4v) is 1.73. The van der Waals surface area contributed by atoms with Crippen molar-refractivity contribution in [2.45, 2.75) is 19.9 Å². The van der Waals surface area contributed by atoms with Crippen molar-refractivity contribution in [3.63, 3.8) is 0 Å². The van der Waals surface area contributed by atoms with Crippen LogP contribution in [0.4, 0.5) is 4.39 Å². The Balaban J connectivity index is 2.35. The van der Waals surface area contributed by atoms with Gasteiger partial charge in [0, 0.05) is 23.4 Å². The van der Waals surface area contributed by atoms with Crippen molar-refractivity contribution in [2.24, 2.45) is 0 Å². The molecule has 2 rings (SSSR count). The Morgan fingerprint density at radius 2 is 2.22 bits per heavy atom. The van der Waals surface area contributed by atoms with Crippen molar-refractivity contribution in [3.8, 4) is 11.6 Å². The maximum absolute atomic E-state index is 13.8. The number of H-pyrrole nitrogens is 1. The number of nitrogens with zero attached hydrogens (tertiary/aromatic N) is 1. The third-order valence-electron chi connectivity index (χ3n) is 2.78. The number of benzene rings is 1. The number of aryl methyl sites for hydroxylation is 1. The zero-order valence-corrected chi connectivity index (χ0v) is 10.6. The van der Waals surface area contributed by atoms with Gasteiger partial charge in [-0.25, -0.2) is 4.39 Å². The molecule has 4 nitrogen and oxygen atoms in total. The molecule has 0 bridgehead atoms. The molecule has 0 saturated heterocycles. The maximum atomic E-state index is 13.8. The highest BCUT2D eigenvalue weighted by molar-refractivity contribution is 5.39. The van der Waals surface area contributed by atoms with Gasteiger partial charge in [0.25, 0.3) is 0 Å². The third kappa shape index (κ3) is 2.51. The number of aromatic amines is 1. The monoisotopic (exact) mass is 249 g/mol. The Morgan fingerprint density at radius 1 is 1.44 bits per heavy atom. The minimum absolute atomic E-state index is 0.138. The molecule has 1 aromatic heterocycles. The standard InChI is InChI=1S/C13H16FN3O/c1-8-7-12(17-16-8)18-11-6-4-5-10(14)13(11)9(2)15-3/h4-7,9,15H,1-3H3,(H,16,17). The van der Waals surface area contributed by atoms with E-state index in [-0.39, 0.29) is 11.9 Å². The van der Waals surface area contributed by atoms with Gasteiger partial charge >= 0.3 is 0 Å². The second-order valence-corrected chi connectivity index (χ2v) is 4.15. The molecule has 1 heterocycles. The lowest BCUT2D eigenvalue weighted by Gasteiger charge is -2.15. The van der Waals surface area contributed by atoms with Gasteiger partial charge in [0.1, 0.15) is 11.6 Å². The lowest BCUT2D eigenvalue weighted by Crippen LogP contribution is -2.14. The van der Waals surface area contributed by atoms with Gasteiger partial charge in [0.15, 0.2) is 0 Å². The number of hydrogen-bond acceptors (Lipinski definition) is 3. The number of nitrogens with one attached hydrogen (secondary N) is 2. The first kappa shape index (κ1) is 12.6. The molecule has 0 aliphatic carbocycles. The van der Waals surface area contributed by atoms with Crippen LogP contribution in [0.1, 0.15) is 24.2 Å². The number of halogens is 1. The molecule has 1 atom stereocenters. The van der Waals surface area contributed by atoms with E-state index in [0.29, 0.717) is 17.2 Å². The van der Waals surface area contributed by atoms with Gasteiger partial charge in [-0.1, -0.05) is 6.07 Å². The normalized spacial score (nSPS) is 12.4. The number of aromatic nitrogens is 2. The van der Waals surface area contributed by atoms with Gasteiger partial charge in [0.2, 0.25) is 5.88 Å². The SMILES string of the molecule is CNC(C)c1c(F)cccc1Oc1cc(C)[nH]n1. The summed E-state index contributed by atoms with van der Waals surface area (Å²) in [4.78, 5) is 0. The van der Waals surface area contributed by atoms with Crippen molar-refractivity contribution >= 4 is 0 Å². The number of rotatable bonds is 4. The predicted octanol–water partition coefficient (Wildman–Crippen LogP) is 2.93. The van der Waals surface area contributed by atoms with Crippen molar-refractivity contribution in [2.75, 3.05) is 7.05 Å². The molecule has 0 aliphatic heterocycles. The molecule has 0 saturated carbocycles. The first-order valence-corrected chi connectivity index (χ1v) is 5.77. The van der Waals surface area contributed by atoms with E-state index in [0.717, 1.165) is 5.69 Å². The van der Waals surface area contributed by atoms with Crippen LogP contribution in [0.3, 0.4) is 0 Å². The van der Waals surface area contributed by atoms with E-state index in [2.05, 4.69) is 15.5 Å². The highest BCUT2D eigenvalue weighted by atomic mass is 19.1. The molecule has 0 aliphatic rings. The van der Waals surface area contributed by atoms with Crippen LogP contribution in [0.25, 0.3) is 0 Å². The van der Waals surface area contributed by atoms with Gasteiger partial charge in [-0.3, -0.25) is 5.10 Å². The summed E-state index contributed by atoms with van der Waals surface area (Å²) in [6.07, 6.45) is 0. The fourth-order valence-electron chi connectivity index (χ4n) is 1.73. The molecule has 2 N–H and O–H groups in total. The van der Waals surface area contributed by atoms with E-state index in [1.165, 1.54) is 6.07 Å². The summed E-state index contributed by atoms with van der Waals surface area (Å²) in [5, 5.41) is 9.76. The van der Waals surface area contributed by atoms with E-state index < -0.39 is 0 Å². The summed E-state index contributed by atoms with van der Waals surface area (Å²) < 4.78 is 19.5. The van der Waals surface area contributed by atoms with Gasteiger partial charge in [-0.15, -0.1) is 5.10 Å². The Labute approximate surface area is 105 Å². The second-order valence-electron chi connectivity index (χ2n) is 4.15. The van der Waals surface area contributed by atoms with Crippen LogP contribution in [0.15, 0.2) is 24.3 Å². The third-order valence-corrected chi connectivity index (χ3v) is 2.78. The van der Waals surface area contributed by atoms with Crippen molar-refractivity contribution < 1.29 is 9.13 Å². The summed E-state index contributed by atoms with van der Waals surface area (Å²) >= 11 is 0. The Kier molecular flexibility index (Phi) is 3.62. The van der Waals surface area contributed by atoms with Crippen LogP contribution >= 0.6 is 0 Å². The maximum Gasteiger partial charge on any atom is 0.238 e. The number of ether oxygens (including phenoxy) is 1. The van der Waals surface area contributed by atoms with E-state index in [1.54, 1.807) is 25.2 Å². The molecule has 0 fully saturated rings. The van der Waals surface area contributed by atoms with E-state index in [4.69, 9.17) is 4.74 Å². The topological polar surface area (TPSA) is 49.9 Å². The Hall–Kier alpha value is -1.88. The molecule has 18 heavy (non-hydrogen) atoms. The second kappa shape index (κ2) is 5.18. The minimum Gasteiger partial charge on any atom is -0.437 e. The molecule has 2 aromatic rings. The van der Waals surface area contributed by atoms with Gasteiger partial charge in [-0.2, -0.15) is 0 Å². The highest BCUT2D eigenvalue weighted by Crippen LogP contribution is 2.30. The summed E-state index contributed by atoms with van der Waals surface area (Å²) in [6, 6.07) is 6.40. The minimum atomic E-state index is -0.290. The smallest absolute Gasteiger partial charge is 0.238 e. The first-order chi connectivity index (χ1) is 8.61. The largest absolute Gasteiger partial charge is 0.437 e. The molecule has 1 unspecified atom stereocenters. The summed E-state index contributed by atoms with van der Waals surface area (Å²) in [5.41, 5.74) is 1.39. The van der Waals surface area contributed by atoms with Crippen LogP contribution in [-0.4, -0.2) is 17.2 Å². The van der Waals surface area contributed by atoms with Gasteiger partial charge in [-0.05, 0) is 33.0 Å². The lowest BCUT2D eigenvalue weighted by atomic mass is 10.1. The molecule has 0 radical (unpaired) electrons. The van der Waals surface area contributed by atoms with E-state index in [9.17, 15) is 4.39 Å². The molecule has 0 amide bonds. The van der Waals surface area contributed by atoms with Crippen molar-refractivity contribution in [3.05, 3.63) is 41.3 Å². The molecule has 1 aromatic carbocycles. The fraction of sp³-hybridized carbons (Fsp3) is 0.308. The average Bonchev–Trinajstić information content (AvgIpc) is 2.74. The van der Waals surface area contributed by atoms with E-state index >= 15 is 0 Å². The molecular formula is C13H16FN3O. The van der Waals surface area contributed by atoms with Crippen LogP contribution < -0.4 is 10.1 Å².